The molecule has 2 heterocycles. The first-order chi connectivity index (χ1) is 14.2. The molecule has 0 aliphatic carbocycles. The number of fused-ring (bicyclic) bond motifs is 1. The van der Waals surface area contributed by atoms with Crippen molar-refractivity contribution in [2.75, 3.05) is 50.7 Å². The van der Waals surface area contributed by atoms with Crippen LogP contribution in [0, 0.1) is 0 Å². The van der Waals surface area contributed by atoms with E-state index in [2.05, 4.69) is 11.8 Å². The second-order valence-corrected chi connectivity index (χ2v) is 9.69. The number of anilines is 1. The lowest BCUT2D eigenvalue weighted by Crippen LogP contribution is -2.55. The van der Waals surface area contributed by atoms with Gasteiger partial charge in [-0.05, 0) is 30.3 Å². The number of hydrogen-bond acceptors (Lipinski definition) is 5. The Labute approximate surface area is 179 Å². The van der Waals surface area contributed by atoms with Gasteiger partial charge in [-0.15, -0.1) is 0 Å². The lowest BCUT2D eigenvalue weighted by Gasteiger charge is -2.36. The van der Waals surface area contributed by atoms with Crippen molar-refractivity contribution < 1.29 is 18.0 Å². The number of hydrogen-bond donors (Lipinski definition) is 0. The molecule has 2 aliphatic rings. The average Bonchev–Trinajstić information content (AvgIpc) is 3.13. The third-order valence-corrected chi connectivity index (χ3v) is 8.18. The Bertz CT molecular complexity index is 906. The Kier molecular flexibility index (Phi) is 6.84. The van der Waals surface area contributed by atoms with Gasteiger partial charge in [-0.3, -0.25) is 14.5 Å². The van der Waals surface area contributed by atoms with Gasteiger partial charge in [0.2, 0.25) is 21.8 Å². The van der Waals surface area contributed by atoms with E-state index in [0.29, 0.717) is 38.3 Å². The summed E-state index contributed by atoms with van der Waals surface area (Å²) in [5.41, 5.74) is 1.36. The summed E-state index contributed by atoms with van der Waals surface area (Å²) in [5, 5.41) is 0. The monoisotopic (exact) mass is 436 g/mol. The summed E-state index contributed by atoms with van der Waals surface area (Å²) in [4.78, 5) is 31.5. The molecule has 1 atom stereocenters. The smallest absolute Gasteiger partial charge is 0.246 e. The average molecular weight is 437 g/mol. The minimum atomic E-state index is -3.60. The van der Waals surface area contributed by atoms with Crippen molar-refractivity contribution in [3.8, 4) is 0 Å². The summed E-state index contributed by atoms with van der Waals surface area (Å²) in [5.74, 6) is -0.274. The van der Waals surface area contributed by atoms with Crippen LogP contribution in [0.2, 0.25) is 0 Å². The molecule has 1 saturated heterocycles. The maximum absolute atomic E-state index is 13.2. The van der Waals surface area contributed by atoms with E-state index in [1.165, 1.54) is 22.2 Å². The van der Waals surface area contributed by atoms with Gasteiger partial charge in [0.05, 0.1) is 4.90 Å². The Morgan fingerprint density at radius 3 is 2.23 bits per heavy atom. The molecule has 30 heavy (non-hydrogen) atoms. The quantitative estimate of drug-likeness (QED) is 0.669. The first-order valence-electron chi connectivity index (χ1n) is 10.7. The first kappa shape index (κ1) is 22.7. The number of nitrogens with zero attached hydrogens (tertiary/aromatic N) is 4. The van der Waals surface area contributed by atoms with Gasteiger partial charge in [-0.1, -0.05) is 20.8 Å². The van der Waals surface area contributed by atoms with Gasteiger partial charge in [0.25, 0.3) is 0 Å². The van der Waals surface area contributed by atoms with Crippen LogP contribution in [-0.2, 0) is 26.0 Å². The van der Waals surface area contributed by atoms with Crippen molar-refractivity contribution in [2.45, 2.75) is 45.1 Å². The predicted molar refractivity (Wildman–Crippen MR) is 116 cm³/mol. The summed E-state index contributed by atoms with van der Waals surface area (Å²) in [6.45, 7) is 11.8. The summed E-state index contributed by atoms with van der Waals surface area (Å²) in [7, 11) is -3.60. The SMILES string of the molecule is CCN1CCN(C(=O)C2Cc3cc(S(=O)(=O)N(CC)CC)ccc3N2C(C)=O)CC1. The van der Waals surface area contributed by atoms with E-state index >= 15 is 0 Å². The number of sulfonamides is 1. The molecule has 0 saturated carbocycles. The zero-order valence-electron chi connectivity index (χ0n) is 18.3. The van der Waals surface area contributed by atoms with Crippen molar-refractivity contribution in [2.24, 2.45) is 0 Å². The molecular weight excluding hydrogens is 404 g/mol. The molecule has 0 N–H and O–H groups in total. The molecule has 1 unspecified atom stereocenters. The van der Waals surface area contributed by atoms with Crippen LogP contribution < -0.4 is 4.90 Å². The standard InChI is InChI=1S/C21H32N4O4S/c1-5-22-10-12-23(13-11-22)21(27)20-15-17-14-18(30(28,29)24(6-2)7-3)8-9-19(17)25(20)16(4)26/h8-9,14,20H,5-7,10-13,15H2,1-4H3. The van der Waals surface area contributed by atoms with Crippen LogP contribution in [0.15, 0.2) is 23.1 Å². The lowest BCUT2D eigenvalue weighted by molar-refractivity contribution is -0.135. The summed E-state index contributed by atoms with van der Waals surface area (Å²) in [6.07, 6.45) is 0.337. The zero-order chi connectivity index (χ0) is 22.1. The molecule has 0 aromatic heterocycles. The molecule has 3 rings (SSSR count). The van der Waals surface area contributed by atoms with E-state index in [4.69, 9.17) is 0 Å². The molecular formula is C21H32N4O4S. The Balaban J connectivity index is 1.88. The molecule has 2 aliphatic heterocycles. The third-order valence-electron chi connectivity index (χ3n) is 6.13. The molecule has 1 fully saturated rings. The van der Waals surface area contributed by atoms with Crippen molar-refractivity contribution in [1.29, 1.82) is 0 Å². The first-order valence-corrected chi connectivity index (χ1v) is 12.1. The molecule has 8 nitrogen and oxygen atoms in total. The molecule has 1 aromatic carbocycles. The fourth-order valence-corrected chi connectivity index (χ4v) is 5.89. The van der Waals surface area contributed by atoms with Crippen LogP contribution >= 0.6 is 0 Å². The second-order valence-electron chi connectivity index (χ2n) is 7.75. The highest BCUT2D eigenvalue weighted by Crippen LogP contribution is 2.35. The van der Waals surface area contributed by atoms with Gasteiger partial charge in [0.1, 0.15) is 6.04 Å². The van der Waals surface area contributed by atoms with Gasteiger partial charge in [-0.25, -0.2) is 8.42 Å². The lowest BCUT2D eigenvalue weighted by atomic mass is 10.1. The van der Waals surface area contributed by atoms with Gasteiger partial charge in [0, 0.05) is 58.3 Å². The van der Waals surface area contributed by atoms with Crippen LogP contribution in [0.1, 0.15) is 33.3 Å². The molecule has 1 aromatic rings. The van der Waals surface area contributed by atoms with Crippen molar-refractivity contribution in [3.05, 3.63) is 23.8 Å². The highest BCUT2D eigenvalue weighted by Gasteiger charge is 2.40. The van der Waals surface area contributed by atoms with Crippen LogP contribution in [0.4, 0.5) is 5.69 Å². The van der Waals surface area contributed by atoms with E-state index in [1.54, 1.807) is 26.0 Å². The van der Waals surface area contributed by atoms with Crippen molar-refractivity contribution in [3.63, 3.8) is 0 Å². The largest absolute Gasteiger partial charge is 0.338 e. The molecule has 166 valence electrons. The summed E-state index contributed by atoms with van der Waals surface area (Å²) < 4.78 is 27.2. The normalized spacial score (nSPS) is 20.0. The van der Waals surface area contributed by atoms with E-state index in [0.717, 1.165) is 25.2 Å². The number of carbonyl (C=O) groups excluding carboxylic acids is 2. The van der Waals surface area contributed by atoms with Gasteiger partial charge < -0.3 is 9.80 Å². The number of benzene rings is 1. The highest BCUT2D eigenvalue weighted by atomic mass is 32.2. The summed E-state index contributed by atoms with van der Waals surface area (Å²) in [6, 6.07) is 4.21. The number of amides is 2. The van der Waals surface area contributed by atoms with Crippen LogP contribution in [0.5, 0.6) is 0 Å². The second kappa shape index (κ2) is 9.03. The number of carbonyl (C=O) groups is 2. The van der Waals surface area contributed by atoms with Crippen molar-refractivity contribution in [1.82, 2.24) is 14.1 Å². The predicted octanol–water partition coefficient (Wildman–Crippen LogP) is 1.16. The fraction of sp³-hybridized carbons (Fsp3) is 0.619. The Morgan fingerprint density at radius 2 is 1.70 bits per heavy atom. The molecule has 2 amide bonds. The highest BCUT2D eigenvalue weighted by molar-refractivity contribution is 7.89. The van der Waals surface area contributed by atoms with Crippen LogP contribution in [-0.4, -0.2) is 86.2 Å². The van der Waals surface area contributed by atoms with E-state index in [1.807, 2.05) is 4.90 Å². The van der Waals surface area contributed by atoms with Crippen LogP contribution in [0.3, 0.4) is 0 Å². The molecule has 0 spiro atoms. The van der Waals surface area contributed by atoms with Crippen molar-refractivity contribution >= 4 is 27.5 Å². The Morgan fingerprint density at radius 1 is 1.07 bits per heavy atom. The maximum atomic E-state index is 13.2. The van der Waals surface area contributed by atoms with E-state index < -0.39 is 16.1 Å². The molecule has 0 bridgehead atoms. The fourth-order valence-electron chi connectivity index (χ4n) is 4.38. The number of rotatable bonds is 6. The summed E-state index contributed by atoms with van der Waals surface area (Å²) >= 11 is 0. The third kappa shape index (κ3) is 4.10. The van der Waals surface area contributed by atoms with Gasteiger partial charge >= 0.3 is 0 Å². The zero-order valence-corrected chi connectivity index (χ0v) is 19.1. The van der Waals surface area contributed by atoms with Gasteiger partial charge in [0.15, 0.2) is 0 Å². The van der Waals surface area contributed by atoms with Crippen LogP contribution in [0.25, 0.3) is 0 Å². The minimum absolute atomic E-state index is 0.0645. The molecule has 9 heteroatoms. The van der Waals surface area contributed by atoms with E-state index in [-0.39, 0.29) is 16.7 Å². The van der Waals surface area contributed by atoms with Gasteiger partial charge in [-0.2, -0.15) is 4.31 Å². The van der Waals surface area contributed by atoms with E-state index in [9.17, 15) is 18.0 Å². The topological polar surface area (TPSA) is 81.2 Å². The number of likely N-dealkylation sites (N-methyl/N-ethyl adjacent to an activating group) is 1. The Hall–Kier alpha value is -1.97. The maximum Gasteiger partial charge on any atom is 0.246 e. The minimum Gasteiger partial charge on any atom is -0.338 e. The number of piperazine rings is 1. The molecule has 0 radical (unpaired) electrons.